The van der Waals surface area contributed by atoms with Crippen molar-refractivity contribution in [3.63, 3.8) is 0 Å². The molecule has 0 fully saturated rings. The lowest BCUT2D eigenvalue weighted by Gasteiger charge is -2.17. The van der Waals surface area contributed by atoms with Crippen molar-refractivity contribution >= 4 is 0 Å². The van der Waals surface area contributed by atoms with Gasteiger partial charge >= 0.3 is 0 Å². The van der Waals surface area contributed by atoms with Gasteiger partial charge in [0.05, 0.1) is 0 Å². The molecule has 0 aliphatic rings. The predicted octanol–water partition coefficient (Wildman–Crippen LogP) is 8.76. The molecule has 0 bridgehead atoms. The monoisotopic (exact) mass is 456 g/mol. The highest BCUT2D eigenvalue weighted by Gasteiger charge is 2.16. The summed E-state index contributed by atoms with van der Waals surface area (Å²) >= 11 is 0. The number of benzene rings is 1. The molecule has 0 saturated heterocycles. The van der Waals surface area contributed by atoms with Crippen LogP contribution in [-0.2, 0) is 6.42 Å². The highest BCUT2D eigenvalue weighted by Crippen LogP contribution is 2.22. The molecule has 2 atom stereocenters. The highest BCUT2D eigenvalue weighted by molar-refractivity contribution is 5.55. The van der Waals surface area contributed by atoms with E-state index in [9.17, 15) is 4.39 Å². The summed E-state index contributed by atoms with van der Waals surface area (Å²) in [5.41, 5.74) is 2.15. The average molecular weight is 457 g/mol. The van der Waals surface area contributed by atoms with Crippen molar-refractivity contribution in [3.05, 3.63) is 42.2 Å². The minimum absolute atomic E-state index is 0.0357. The van der Waals surface area contributed by atoms with E-state index >= 15 is 0 Å². The van der Waals surface area contributed by atoms with Gasteiger partial charge in [0.15, 0.2) is 5.82 Å². The average Bonchev–Trinajstić information content (AvgIpc) is 2.85. The van der Waals surface area contributed by atoms with Crippen molar-refractivity contribution in [3.8, 4) is 17.1 Å². The van der Waals surface area contributed by atoms with Crippen molar-refractivity contribution in [2.45, 2.75) is 110 Å². The summed E-state index contributed by atoms with van der Waals surface area (Å²) in [5.74, 6) is 1.44. The third-order valence-corrected chi connectivity index (χ3v) is 6.43. The molecule has 1 heterocycles. The van der Waals surface area contributed by atoms with Gasteiger partial charge in [-0.2, -0.15) is 0 Å². The molecular formula is C29H45FN2O. The summed E-state index contributed by atoms with van der Waals surface area (Å²) in [6, 6.07) is 7.64. The molecule has 3 nitrogen and oxygen atoms in total. The van der Waals surface area contributed by atoms with Crippen LogP contribution in [0.5, 0.6) is 5.75 Å². The van der Waals surface area contributed by atoms with Crippen LogP contribution in [0.2, 0.25) is 0 Å². The third kappa shape index (κ3) is 11.1. The van der Waals surface area contributed by atoms with E-state index in [-0.39, 0.29) is 12.5 Å². The Bertz CT molecular complexity index is 732. The van der Waals surface area contributed by atoms with Gasteiger partial charge in [-0.3, -0.25) is 0 Å². The summed E-state index contributed by atoms with van der Waals surface area (Å²) in [7, 11) is 0. The Kier molecular flexibility index (Phi) is 13.7. The van der Waals surface area contributed by atoms with Crippen LogP contribution in [-0.4, -0.2) is 22.7 Å². The molecule has 0 aliphatic heterocycles. The number of unbranched alkanes of at least 4 members (excludes halogenated alkanes) is 9. The fourth-order valence-electron chi connectivity index (χ4n) is 4.03. The Morgan fingerprint density at radius 1 is 0.788 bits per heavy atom. The summed E-state index contributed by atoms with van der Waals surface area (Å²) < 4.78 is 20.0. The topological polar surface area (TPSA) is 35.0 Å². The summed E-state index contributed by atoms with van der Waals surface area (Å²) in [4.78, 5) is 9.10. The number of alkyl halides is 1. The molecule has 4 heteroatoms. The first-order chi connectivity index (χ1) is 16.1. The van der Waals surface area contributed by atoms with Crippen LogP contribution < -0.4 is 4.74 Å². The Hall–Kier alpha value is -1.97. The van der Waals surface area contributed by atoms with Gasteiger partial charge < -0.3 is 4.74 Å². The van der Waals surface area contributed by atoms with Crippen LogP contribution in [0.15, 0.2) is 36.7 Å². The maximum Gasteiger partial charge on any atom is 0.159 e. The minimum Gasteiger partial charge on any atom is -0.491 e. The maximum absolute atomic E-state index is 14.3. The molecule has 1 aromatic heterocycles. The lowest BCUT2D eigenvalue weighted by Crippen LogP contribution is -2.21. The molecule has 2 aromatic rings. The van der Waals surface area contributed by atoms with Gasteiger partial charge in [0, 0.05) is 18.0 Å². The van der Waals surface area contributed by atoms with Crippen molar-refractivity contribution in [2.24, 2.45) is 5.92 Å². The molecule has 0 saturated carbocycles. The van der Waals surface area contributed by atoms with Gasteiger partial charge in [-0.25, -0.2) is 14.4 Å². The number of aromatic nitrogens is 2. The van der Waals surface area contributed by atoms with Gasteiger partial charge in [0.1, 0.15) is 18.5 Å². The largest absolute Gasteiger partial charge is 0.491 e. The van der Waals surface area contributed by atoms with E-state index < -0.39 is 6.17 Å². The molecule has 0 N–H and O–H groups in total. The van der Waals surface area contributed by atoms with Gasteiger partial charge in [-0.1, -0.05) is 85.0 Å². The predicted molar refractivity (Wildman–Crippen MR) is 137 cm³/mol. The lowest BCUT2D eigenvalue weighted by atomic mass is 9.99. The van der Waals surface area contributed by atoms with Gasteiger partial charge in [-0.05, 0) is 55.0 Å². The van der Waals surface area contributed by atoms with Crippen LogP contribution >= 0.6 is 0 Å². The van der Waals surface area contributed by atoms with Crippen molar-refractivity contribution in [2.75, 3.05) is 6.61 Å². The van der Waals surface area contributed by atoms with E-state index in [0.717, 1.165) is 31.2 Å². The number of nitrogens with zero attached hydrogens (tertiary/aromatic N) is 2. The summed E-state index contributed by atoms with van der Waals surface area (Å²) in [6.45, 7) is 6.51. The molecule has 2 unspecified atom stereocenters. The van der Waals surface area contributed by atoms with E-state index in [2.05, 4.69) is 23.8 Å². The minimum atomic E-state index is -0.932. The quantitative estimate of drug-likeness (QED) is 0.210. The zero-order valence-corrected chi connectivity index (χ0v) is 21.2. The first kappa shape index (κ1) is 27.3. The summed E-state index contributed by atoms with van der Waals surface area (Å²) in [5, 5.41) is 0. The molecule has 0 aliphatic carbocycles. The molecule has 33 heavy (non-hydrogen) atoms. The van der Waals surface area contributed by atoms with Crippen LogP contribution in [0, 0.1) is 5.92 Å². The number of hydrogen-bond donors (Lipinski definition) is 0. The molecule has 0 spiro atoms. The third-order valence-electron chi connectivity index (χ3n) is 6.43. The molecule has 184 valence electrons. The molecule has 2 rings (SSSR count). The van der Waals surface area contributed by atoms with Crippen LogP contribution in [0.1, 0.15) is 103 Å². The zero-order chi connectivity index (χ0) is 23.7. The molecule has 0 radical (unpaired) electrons. The molecule has 1 aromatic carbocycles. The van der Waals surface area contributed by atoms with E-state index in [1.165, 1.54) is 63.4 Å². The second kappa shape index (κ2) is 16.6. The smallest absolute Gasteiger partial charge is 0.159 e. The number of hydrogen-bond acceptors (Lipinski definition) is 3. The Morgan fingerprint density at radius 3 is 2.00 bits per heavy atom. The standard InChI is InChI=1S/C29H45FN2O/c1-4-6-8-9-10-11-12-14-16-25-21-31-29(32-22-25)26-17-19-27(20-18-26)33-23-28(30)24(3)15-13-7-5-2/h17-22,24,28H,4-16,23H2,1-3H3. The number of ether oxygens (including phenoxy) is 1. The van der Waals surface area contributed by atoms with Crippen LogP contribution in [0.4, 0.5) is 4.39 Å². The molecule has 0 amide bonds. The highest BCUT2D eigenvalue weighted by atomic mass is 19.1. The maximum atomic E-state index is 14.3. The van der Waals surface area contributed by atoms with E-state index in [1.54, 1.807) is 0 Å². The fraction of sp³-hybridized carbons (Fsp3) is 0.655. The summed E-state index contributed by atoms with van der Waals surface area (Å²) in [6.07, 6.45) is 19.0. The van der Waals surface area contributed by atoms with Crippen molar-refractivity contribution in [1.29, 1.82) is 0 Å². The second-order valence-electron chi connectivity index (χ2n) is 9.46. The van der Waals surface area contributed by atoms with Gasteiger partial charge in [0.25, 0.3) is 0 Å². The number of rotatable bonds is 18. The zero-order valence-electron chi connectivity index (χ0n) is 21.2. The van der Waals surface area contributed by atoms with Gasteiger partial charge in [0.2, 0.25) is 0 Å². The SMILES string of the molecule is CCCCCCCCCCc1cnc(-c2ccc(OCC(F)C(C)CCCCC)cc2)nc1. The van der Waals surface area contributed by atoms with Crippen molar-refractivity contribution in [1.82, 2.24) is 9.97 Å². The second-order valence-corrected chi connectivity index (χ2v) is 9.46. The van der Waals surface area contributed by atoms with Gasteiger partial charge in [-0.15, -0.1) is 0 Å². The van der Waals surface area contributed by atoms with E-state index in [0.29, 0.717) is 11.6 Å². The Labute approximate surface area is 201 Å². The first-order valence-electron chi connectivity index (χ1n) is 13.3. The Balaban J connectivity index is 1.70. The molecular weight excluding hydrogens is 411 g/mol. The number of halogens is 1. The number of aryl methyl sites for hydroxylation is 1. The van der Waals surface area contributed by atoms with E-state index in [1.807, 2.05) is 43.6 Å². The lowest BCUT2D eigenvalue weighted by molar-refractivity contribution is 0.141. The normalized spacial score (nSPS) is 13.1. The van der Waals surface area contributed by atoms with Crippen molar-refractivity contribution < 1.29 is 9.13 Å². The van der Waals surface area contributed by atoms with E-state index in [4.69, 9.17) is 4.74 Å². The fourth-order valence-corrected chi connectivity index (χ4v) is 4.03. The first-order valence-corrected chi connectivity index (χ1v) is 13.3. The van der Waals surface area contributed by atoms with Crippen LogP contribution in [0.25, 0.3) is 11.4 Å². The Morgan fingerprint density at radius 2 is 1.36 bits per heavy atom. The van der Waals surface area contributed by atoms with Crippen LogP contribution in [0.3, 0.4) is 0 Å².